The first-order chi connectivity index (χ1) is 5.89. The maximum atomic E-state index is 11.5. The zero-order valence-electron chi connectivity index (χ0n) is 8.51. The fourth-order valence-electron chi connectivity index (χ4n) is 0.526. The molecule has 0 radical (unpaired) electrons. The molecule has 0 amide bonds. The number of nitrogens with zero attached hydrogens (tertiary/aromatic N) is 2. The van der Waals surface area contributed by atoms with Crippen LogP contribution in [0.2, 0.25) is 0 Å². The summed E-state index contributed by atoms with van der Waals surface area (Å²) < 4.78 is 41.6. The molecule has 0 aromatic rings. The summed E-state index contributed by atoms with van der Waals surface area (Å²) in [6, 6.07) is 0. The maximum Gasteiger partial charge on any atom is 0.343 e. The summed E-state index contributed by atoms with van der Waals surface area (Å²) in [4.78, 5) is 9.40. The number of rotatable bonds is 2. The summed E-state index contributed by atoms with van der Waals surface area (Å²) in [5.41, 5.74) is 0. The van der Waals surface area contributed by atoms with Crippen LogP contribution in [-0.4, -0.2) is 40.3 Å². The molecule has 2 heterocycles. The van der Waals surface area contributed by atoms with E-state index >= 15 is 0 Å². The molecule has 2 saturated heterocycles. The average molecular weight is 152 g/mol. The van der Waals surface area contributed by atoms with Crippen LogP contribution < -0.4 is 0 Å². The van der Waals surface area contributed by atoms with Crippen LogP contribution in [0.5, 0.6) is 0 Å². The fraction of sp³-hybridized carbons (Fsp3) is 1.00. The van der Waals surface area contributed by atoms with Gasteiger partial charge >= 0.3 is 7.67 Å². The smallest absolute Gasteiger partial charge is 0.322 e. The lowest BCUT2D eigenvalue weighted by Crippen LogP contribution is -2.01. The molecular weight excluding hydrogens is 139 g/mol. The van der Waals surface area contributed by atoms with Gasteiger partial charge in [0.25, 0.3) is 0 Å². The molecule has 0 aromatic heterocycles. The van der Waals surface area contributed by atoms with E-state index in [0.29, 0.717) is 0 Å². The van der Waals surface area contributed by atoms with Gasteiger partial charge in [0.15, 0.2) is 0 Å². The monoisotopic (exact) mass is 152 g/mol. The normalized spacial score (nSPS) is 85.0. The molecule has 0 bridgehead atoms. The molecule has 0 aliphatic carbocycles. The Morgan fingerprint density at radius 2 is 1.67 bits per heavy atom. The van der Waals surface area contributed by atoms with Crippen molar-refractivity contribution in [2.75, 3.05) is 26.1 Å². The first kappa shape index (κ1) is 3.01. The van der Waals surface area contributed by atoms with Crippen molar-refractivity contribution in [3.63, 3.8) is 0 Å². The third-order valence-corrected chi connectivity index (χ3v) is 2.90. The van der Waals surface area contributed by atoms with Crippen molar-refractivity contribution in [2.45, 2.75) is 0 Å². The van der Waals surface area contributed by atoms with Crippen LogP contribution in [0.3, 0.4) is 0 Å². The highest BCUT2D eigenvalue weighted by atomic mass is 31.2. The molecule has 2 aliphatic heterocycles. The maximum absolute atomic E-state index is 11.5. The van der Waals surface area contributed by atoms with Crippen molar-refractivity contribution in [2.24, 2.45) is 0 Å². The minimum absolute atomic E-state index is 0.809. The van der Waals surface area contributed by atoms with E-state index in [-0.39, 0.29) is 0 Å². The Morgan fingerprint density at radius 3 is 1.89 bits per heavy atom. The Balaban J connectivity index is 2.11. The van der Waals surface area contributed by atoms with Crippen LogP contribution in [0.25, 0.3) is 0 Å². The molecule has 4 atom stereocenters. The van der Waals surface area contributed by atoms with Crippen LogP contribution in [0.4, 0.5) is 0 Å². The lowest BCUT2D eigenvalue weighted by Gasteiger charge is -2.10. The van der Waals surface area contributed by atoms with Gasteiger partial charge in [-0.1, -0.05) is 0 Å². The Hall–Kier alpha value is 0.110. The largest absolute Gasteiger partial charge is 0.343 e. The first-order valence-corrected chi connectivity index (χ1v) is 4.05. The standard InChI is InChI=1S/C4H9N2O2P/c7-9(8,5-1-2-5)6-3-4-6/h1-4H2,(H,7,8)/i1D,2D,3D,4D. The molecule has 4 unspecified atom stereocenters. The summed E-state index contributed by atoms with van der Waals surface area (Å²) >= 11 is 0. The number of hydrogen-bond donors (Lipinski definition) is 1. The molecule has 1 N–H and O–H groups in total. The van der Waals surface area contributed by atoms with Gasteiger partial charge in [-0.3, -0.25) is 4.57 Å². The van der Waals surface area contributed by atoms with Crippen LogP contribution in [-0.2, 0) is 4.57 Å². The van der Waals surface area contributed by atoms with Gasteiger partial charge < -0.3 is 4.89 Å². The van der Waals surface area contributed by atoms with Crippen LogP contribution in [0, 0.1) is 0 Å². The van der Waals surface area contributed by atoms with E-state index in [1.54, 1.807) is 0 Å². The Labute approximate surface area is 59.2 Å². The van der Waals surface area contributed by atoms with Crippen molar-refractivity contribution >= 4 is 7.67 Å². The molecule has 2 aliphatic rings. The quantitative estimate of drug-likeness (QED) is 0.436. The summed E-state index contributed by atoms with van der Waals surface area (Å²) in [6.45, 7) is -3.96. The molecule has 2 fully saturated rings. The first-order valence-electron chi connectivity index (χ1n) is 4.79. The third-order valence-electron chi connectivity index (χ3n) is 1.17. The van der Waals surface area contributed by atoms with E-state index in [1.165, 1.54) is 0 Å². The minimum Gasteiger partial charge on any atom is -0.322 e. The van der Waals surface area contributed by atoms with Gasteiger partial charge in [-0.2, -0.15) is 0 Å². The van der Waals surface area contributed by atoms with Gasteiger partial charge in [-0.05, 0) is 0 Å². The topological polar surface area (TPSA) is 43.3 Å². The van der Waals surface area contributed by atoms with Crippen molar-refractivity contribution < 1.29 is 14.9 Å². The van der Waals surface area contributed by atoms with Crippen molar-refractivity contribution in [3.05, 3.63) is 0 Å². The Bertz CT molecular complexity index is 251. The molecule has 52 valence electrons. The Morgan fingerprint density at radius 1 is 1.33 bits per heavy atom. The second kappa shape index (κ2) is 1.58. The highest BCUT2D eigenvalue weighted by Gasteiger charge is 2.46. The van der Waals surface area contributed by atoms with Gasteiger partial charge in [-0.15, -0.1) is 0 Å². The predicted octanol–water partition coefficient (Wildman–Crippen LogP) is -0.282. The average Bonchev–Trinajstić information content (AvgIpc) is 2.77. The molecule has 0 spiro atoms. The second-order valence-corrected chi connectivity index (χ2v) is 3.82. The van der Waals surface area contributed by atoms with E-state index in [0.717, 1.165) is 9.34 Å². The van der Waals surface area contributed by atoms with Gasteiger partial charge in [-0.25, -0.2) is 9.34 Å². The molecule has 0 aromatic carbocycles. The second-order valence-electron chi connectivity index (χ2n) is 1.87. The zero-order valence-corrected chi connectivity index (χ0v) is 5.40. The SMILES string of the molecule is [2H]C1C([2H])N1P(=O)(O)N1C([2H])C1[2H]. The summed E-state index contributed by atoms with van der Waals surface area (Å²) in [7, 11) is -3.92. The van der Waals surface area contributed by atoms with Crippen LogP contribution in [0.1, 0.15) is 5.48 Å². The van der Waals surface area contributed by atoms with E-state index in [9.17, 15) is 9.46 Å². The summed E-state index contributed by atoms with van der Waals surface area (Å²) in [5.74, 6) is 0. The van der Waals surface area contributed by atoms with E-state index < -0.39 is 33.8 Å². The summed E-state index contributed by atoms with van der Waals surface area (Å²) in [5, 5.41) is 0. The highest BCUT2D eigenvalue weighted by molar-refractivity contribution is 7.53. The van der Waals surface area contributed by atoms with Gasteiger partial charge in [0, 0.05) is 31.6 Å². The molecule has 2 rings (SSSR count). The fourth-order valence-corrected chi connectivity index (χ4v) is 1.58. The molecular formula is C4H9N2O2P. The minimum atomic E-state index is -3.92. The third kappa shape index (κ3) is 0.923. The van der Waals surface area contributed by atoms with Crippen LogP contribution >= 0.6 is 7.67 Å². The lowest BCUT2D eigenvalue weighted by molar-refractivity contribution is 0.404. The predicted molar refractivity (Wildman–Crippen MR) is 33.0 cm³/mol. The molecule has 5 heteroatoms. The lowest BCUT2D eigenvalue weighted by atomic mass is 11.0. The Kier molecular flexibility index (Phi) is 0.528. The highest BCUT2D eigenvalue weighted by Crippen LogP contribution is 2.56. The van der Waals surface area contributed by atoms with Crippen molar-refractivity contribution in [1.82, 2.24) is 9.34 Å². The van der Waals surface area contributed by atoms with Crippen molar-refractivity contribution in [3.8, 4) is 0 Å². The van der Waals surface area contributed by atoms with Crippen LogP contribution in [0.15, 0.2) is 0 Å². The van der Waals surface area contributed by atoms with E-state index in [4.69, 9.17) is 5.48 Å². The molecule has 9 heavy (non-hydrogen) atoms. The molecule has 4 nitrogen and oxygen atoms in total. The summed E-state index contributed by atoms with van der Waals surface area (Å²) in [6.07, 6.45) is 0. The van der Waals surface area contributed by atoms with Crippen molar-refractivity contribution in [1.29, 1.82) is 0 Å². The van der Waals surface area contributed by atoms with E-state index in [2.05, 4.69) is 0 Å². The van der Waals surface area contributed by atoms with Gasteiger partial charge in [0.2, 0.25) is 0 Å². The zero-order chi connectivity index (χ0) is 9.96. The van der Waals surface area contributed by atoms with Gasteiger partial charge in [0.05, 0.1) is 0 Å². The van der Waals surface area contributed by atoms with E-state index in [1.807, 2.05) is 0 Å². The number of hydrogen-bond acceptors (Lipinski definition) is 1. The molecule has 0 saturated carbocycles. The van der Waals surface area contributed by atoms with Gasteiger partial charge in [0.1, 0.15) is 0 Å².